The van der Waals surface area contributed by atoms with Gasteiger partial charge in [-0.05, 0) is 34.7 Å². The van der Waals surface area contributed by atoms with Gasteiger partial charge in [0.25, 0.3) is 0 Å². The van der Waals surface area contributed by atoms with Gasteiger partial charge in [0.15, 0.2) is 0 Å². The van der Waals surface area contributed by atoms with Crippen molar-refractivity contribution in [3.63, 3.8) is 0 Å². The predicted octanol–water partition coefficient (Wildman–Crippen LogP) is 1.03. The van der Waals surface area contributed by atoms with Gasteiger partial charge in [0.2, 0.25) is 0 Å². The van der Waals surface area contributed by atoms with Crippen LogP contribution in [-0.2, 0) is 4.74 Å². The van der Waals surface area contributed by atoms with E-state index in [1.807, 2.05) is 0 Å². The first kappa shape index (κ1) is 15.9. The van der Waals surface area contributed by atoms with Crippen molar-refractivity contribution in [1.29, 1.82) is 0 Å². The van der Waals surface area contributed by atoms with Crippen molar-refractivity contribution >= 4 is 0 Å². The molecule has 4 nitrogen and oxygen atoms in total. The summed E-state index contributed by atoms with van der Waals surface area (Å²) in [6.07, 6.45) is 0.333. The smallest absolute Gasteiger partial charge is 0.0596 e. The van der Waals surface area contributed by atoms with Crippen molar-refractivity contribution in [2.75, 3.05) is 52.9 Å². The van der Waals surface area contributed by atoms with Gasteiger partial charge in [-0.25, -0.2) is 0 Å². The maximum Gasteiger partial charge on any atom is 0.0596 e. The fraction of sp³-hybridized carbons (Fsp3) is 1.00. The maximum absolute atomic E-state index is 5.61. The van der Waals surface area contributed by atoms with Crippen LogP contribution in [0.5, 0.6) is 0 Å². The van der Waals surface area contributed by atoms with Crippen LogP contribution in [0.1, 0.15) is 27.7 Å². The maximum atomic E-state index is 5.61. The molecule has 1 heterocycles. The highest BCUT2D eigenvalue weighted by Crippen LogP contribution is 2.16. The molecular weight excluding hydrogens is 226 g/mol. The van der Waals surface area contributed by atoms with Gasteiger partial charge in [-0.1, -0.05) is 0 Å². The van der Waals surface area contributed by atoms with Gasteiger partial charge in [0.1, 0.15) is 0 Å². The van der Waals surface area contributed by atoms with Crippen molar-refractivity contribution in [3.05, 3.63) is 0 Å². The third-order valence-electron chi connectivity index (χ3n) is 3.55. The number of rotatable bonds is 7. The second-order valence-corrected chi connectivity index (χ2v) is 6.21. The van der Waals surface area contributed by atoms with E-state index in [4.69, 9.17) is 4.74 Å². The second-order valence-electron chi connectivity index (χ2n) is 6.21. The number of hydrogen-bond donors (Lipinski definition) is 1. The molecule has 1 saturated heterocycles. The highest BCUT2D eigenvalue weighted by Gasteiger charge is 2.28. The number of nitrogens with zero attached hydrogens (tertiary/aromatic N) is 2. The molecule has 0 aromatic carbocycles. The Labute approximate surface area is 113 Å². The summed E-state index contributed by atoms with van der Waals surface area (Å²) < 4.78 is 5.61. The van der Waals surface area contributed by atoms with Crippen molar-refractivity contribution < 1.29 is 4.74 Å². The topological polar surface area (TPSA) is 27.7 Å². The number of piperazine rings is 1. The molecule has 0 atom stereocenters. The molecule has 0 aromatic heterocycles. The first-order valence-electron chi connectivity index (χ1n) is 7.18. The Balaban J connectivity index is 2.29. The lowest BCUT2D eigenvalue weighted by molar-refractivity contribution is 0.0386. The second kappa shape index (κ2) is 7.43. The molecule has 0 bridgehead atoms. The Morgan fingerprint density at radius 1 is 1.28 bits per heavy atom. The molecule has 0 amide bonds. The van der Waals surface area contributed by atoms with Crippen LogP contribution < -0.4 is 5.32 Å². The molecule has 0 radical (unpaired) electrons. The fourth-order valence-corrected chi connectivity index (χ4v) is 2.55. The van der Waals surface area contributed by atoms with Gasteiger partial charge in [-0.15, -0.1) is 0 Å². The molecule has 1 aliphatic heterocycles. The van der Waals surface area contributed by atoms with E-state index >= 15 is 0 Å². The SMILES string of the molecule is CC(C)OCCN(C)CC(C)(C)N1CCNCC1. The Morgan fingerprint density at radius 3 is 2.44 bits per heavy atom. The zero-order valence-electron chi connectivity index (χ0n) is 12.8. The Hall–Kier alpha value is -0.160. The van der Waals surface area contributed by atoms with E-state index in [-0.39, 0.29) is 5.54 Å². The average Bonchev–Trinajstić information content (AvgIpc) is 2.29. The molecule has 18 heavy (non-hydrogen) atoms. The van der Waals surface area contributed by atoms with Gasteiger partial charge in [-0.3, -0.25) is 4.90 Å². The Kier molecular flexibility index (Phi) is 6.57. The van der Waals surface area contributed by atoms with Gasteiger partial charge in [0.05, 0.1) is 12.7 Å². The molecular formula is C14H31N3O. The zero-order chi connectivity index (χ0) is 13.6. The molecule has 0 saturated carbocycles. The number of ether oxygens (including phenoxy) is 1. The molecule has 1 fully saturated rings. The average molecular weight is 257 g/mol. The number of hydrogen-bond acceptors (Lipinski definition) is 4. The van der Waals surface area contributed by atoms with Crippen LogP contribution in [0.2, 0.25) is 0 Å². The van der Waals surface area contributed by atoms with E-state index in [9.17, 15) is 0 Å². The van der Waals surface area contributed by atoms with Crippen molar-refractivity contribution in [2.45, 2.75) is 39.3 Å². The third-order valence-corrected chi connectivity index (χ3v) is 3.55. The summed E-state index contributed by atoms with van der Waals surface area (Å²) in [7, 11) is 2.19. The van der Waals surface area contributed by atoms with Crippen LogP contribution in [0.4, 0.5) is 0 Å². The van der Waals surface area contributed by atoms with E-state index in [1.54, 1.807) is 0 Å². The number of likely N-dealkylation sites (N-methyl/N-ethyl adjacent to an activating group) is 1. The van der Waals surface area contributed by atoms with E-state index in [0.29, 0.717) is 6.10 Å². The van der Waals surface area contributed by atoms with Crippen LogP contribution in [0.3, 0.4) is 0 Å². The first-order valence-corrected chi connectivity index (χ1v) is 7.18. The minimum absolute atomic E-state index is 0.245. The zero-order valence-corrected chi connectivity index (χ0v) is 12.8. The summed E-state index contributed by atoms with van der Waals surface area (Å²) in [6, 6.07) is 0. The van der Waals surface area contributed by atoms with E-state index in [2.05, 4.69) is 49.9 Å². The van der Waals surface area contributed by atoms with E-state index in [0.717, 1.165) is 45.9 Å². The third kappa shape index (κ3) is 5.65. The summed E-state index contributed by atoms with van der Waals surface area (Å²) in [4.78, 5) is 4.97. The standard InChI is InChI=1S/C14H31N3O/c1-13(2)18-11-10-16(5)12-14(3,4)17-8-6-15-7-9-17/h13,15H,6-12H2,1-5H3. The lowest BCUT2D eigenvalue weighted by Crippen LogP contribution is -2.57. The molecule has 4 heteroatoms. The molecule has 108 valence electrons. The summed E-state index contributed by atoms with van der Waals surface area (Å²) in [5.41, 5.74) is 0.245. The monoisotopic (exact) mass is 257 g/mol. The van der Waals surface area contributed by atoms with Crippen LogP contribution in [0.25, 0.3) is 0 Å². The molecule has 1 rings (SSSR count). The van der Waals surface area contributed by atoms with Gasteiger partial charge in [0, 0.05) is 44.8 Å². The minimum Gasteiger partial charge on any atom is -0.377 e. The summed E-state index contributed by atoms with van der Waals surface area (Å²) >= 11 is 0. The Morgan fingerprint density at radius 2 is 1.89 bits per heavy atom. The highest BCUT2D eigenvalue weighted by atomic mass is 16.5. The normalized spacial score (nSPS) is 18.8. The van der Waals surface area contributed by atoms with Crippen molar-refractivity contribution in [3.8, 4) is 0 Å². The quantitative estimate of drug-likeness (QED) is 0.737. The first-order chi connectivity index (χ1) is 8.42. The lowest BCUT2D eigenvalue weighted by atomic mass is 10.0. The number of nitrogens with one attached hydrogen (secondary N) is 1. The van der Waals surface area contributed by atoms with Gasteiger partial charge < -0.3 is 15.0 Å². The molecule has 0 spiro atoms. The summed E-state index contributed by atoms with van der Waals surface area (Å²) in [5.74, 6) is 0. The molecule has 0 unspecified atom stereocenters. The van der Waals surface area contributed by atoms with Crippen molar-refractivity contribution in [2.24, 2.45) is 0 Å². The largest absolute Gasteiger partial charge is 0.377 e. The highest BCUT2D eigenvalue weighted by molar-refractivity contribution is 4.87. The fourth-order valence-electron chi connectivity index (χ4n) is 2.55. The van der Waals surface area contributed by atoms with Crippen molar-refractivity contribution in [1.82, 2.24) is 15.1 Å². The molecule has 0 aliphatic carbocycles. The van der Waals surface area contributed by atoms with Crippen LogP contribution in [-0.4, -0.2) is 74.4 Å². The molecule has 1 aliphatic rings. The van der Waals surface area contributed by atoms with Gasteiger partial charge >= 0.3 is 0 Å². The predicted molar refractivity (Wildman–Crippen MR) is 77.1 cm³/mol. The Bertz CT molecular complexity index is 225. The molecule has 0 aromatic rings. The van der Waals surface area contributed by atoms with Crippen LogP contribution in [0, 0.1) is 0 Å². The summed E-state index contributed by atoms with van der Waals surface area (Å²) in [6.45, 7) is 16.3. The lowest BCUT2D eigenvalue weighted by Gasteiger charge is -2.43. The minimum atomic E-state index is 0.245. The summed E-state index contributed by atoms with van der Waals surface area (Å²) in [5, 5.41) is 3.41. The van der Waals surface area contributed by atoms with E-state index in [1.165, 1.54) is 0 Å². The van der Waals surface area contributed by atoms with Gasteiger partial charge in [-0.2, -0.15) is 0 Å². The van der Waals surface area contributed by atoms with Crippen LogP contribution in [0.15, 0.2) is 0 Å². The molecule has 1 N–H and O–H groups in total. The van der Waals surface area contributed by atoms with Crippen LogP contribution >= 0.6 is 0 Å². The van der Waals surface area contributed by atoms with E-state index < -0.39 is 0 Å².